The Bertz CT molecular complexity index is 85.4. The highest BCUT2D eigenvalue weighted by molar-refractivity contribution is 7.80. The third-order valence-electron chi connectivity index (χ3n) is 0.433. The van der Waals surface area contributed by atoms with Crippen molar-refractivity contribution in [1.29, 1.82) is 0 Å². The van der Waals surface area contributed by atoms with Gasteiger partial charge in [-0.15, -0.1) is 0 Å². The third kappa shape index (κ3) is 3.09. The zero-order valence-electron chi connectivity index (χ0n) is 3.74. The molecule has 0 amide bonds. The van der Waals surface area contributed by atoms with Gasteiger partial charge < -0.3 is 5.73 Å². The fourth-order valence-electron chi connectivity index (χ4n) is 0. The summed E-state index contributed by atoms with van der Waals surface area (Å²) in [5, 5.41) is 0. The lowest BCUT2D eigenvalue weighted by atomic mass is 10.5. The zero-order valence-corrected chi connectivity index (χ0v) is 6.07. The molecule has 42 valence electrons. The number of rotatable bonds is 1. The molecule has 0 spiro atoms. The molecule has 4 heteroatoms. The summed E-state index contributed by atoms with van der Waals surface area (Å²) < 4.78 is -1.05. The van der Waals surface area contributed by atoms with Crippen molar-refractivity contribution in [3.05, 3.63) is 0 Å². The van der Waals surface area contributed by atoms with Gasteiger partial charge in [-0.2, -0.15) is 0 Å². The molecule has 2 N–H and O–H groups in total. The molecular formula is C3H5Cl2NS. The van der Waals surface area contributed by atoms with Gasteiger partial charge in [0.25, 0.3) is 0 Å². The molecule has 0 aliphatic heterocycles. The van der Waals surface area contributed by atoms with E-state index in [-0.39, 0.29) is 4.99 Å². The van der Waals surface area contributed by atoms with Crippen molar-refractivity contribution < 1.29 is 0 Å². The van der Waals surface area contributed by atoms with E-state index in [0.717, 1.165) is 0 Å². The minimum Gasteiger partial charge on any atom is -0.391 e. The van der Waals surface area contributed by atoms with Crippen molar-refractivity contribution in [2.45, 2.75) is 11.3 Å². The van der Waals surface area contributed by atoms with Crippen LogP contribution in [0.2, 0.25) is 0 Å². The molecule has 0 saturated carbocycles. The zero-order chi connectivity index (χ0) is 6.08. The highest BCUT2D eigenvalue weighted by Gasteiger charge is 2.18. The molecule has 0 aromatic carbocycles. The molecule has 0 aromatic heterocycles. The van der Waals surface area contributed by atoms with E-state index < -0.39 is 4.33 Å². The molecule has 0 radical (unpaired) electrons. The van der Waals surface area contributed by atoms with E-state index in [1.54, 1.807) is 0 Å². The molecule has 0 bridgehead atoms. The quantitative estimate of drug-likeness (QED) is 0.461. The Labute approximate surface area is 57.8 Å². The van der Waals surface area contributed by atoms with Gasteiger partial charge >= 0.3 is 0 Å². The van der Waals surface area contributed by atoms with Crippen LogP contribution in [-0.4, -0.2) is 9.32 Å². The normalized spacial score (nSPS) is 11.3. The van der Waals surface area contributed by atoms with E-state index in [0.29, 0.717) is 0 Å². The van der Waals surface area contributed by atoms with Crippen molar-refractivity contribution in [3.63, 3.8) is 0 Å². The molecule has 0 aliphatic carbocycles. The second kappa shape index (κ2) is 2.16. The molecule has 0 atom stereocenters. The van der Waals surface area contributed by atoms with Crippen molar-refractivity contribution in [3.8, 4) is 0 Å². The molecule has 0 rings (SSSR count). The standard InChI is InChI=1S/C3H5Cl2NS/c1-3(4,5)2(6)7/h1H3,(H2,6,7). The number of hydrogen-bond donors (Lipinski definition) is 1. The fourth-order valence-corrected chi connectivity index (χ4v) is 0. The Morgan fingerprint density at radius 1 is 1.71 bits per heavy atom. The highest BCUT2D eigenvalue weighted by Crippen LogP contribution is 2.18. The van der Waals surface area contributed by atoms with Crippen LogP contribution in [-0.2, 0) is 0 Å². The molecule has 0 aromatic rings. The van der Waals surface area contributed by atoms with Crippen molar-refractivity contribution in [1.82, 2.24) is 0 Å². The van der Waals surface area contributed by atoms with Gasteiger partial charge in [0.2, 0.25) is 0 Å². The maximum atomic E-state index is 5.37. The summed E-state index contributed by atoms with van der Waals surface area (Å²) in [4.78, 5) is 0.107. The van der Waals surface area contributed by atoms with Gasteiger partial charge in [-0.1, -0.05) is 35.4 Å². The van der Waals surface area contributed by atoms with Gasteiger partial charge in [-0.3, -0.25) is 0 Å². The molecule has 1 nitrogen and oxygen atoms in total. The lowest BCUT2D eigenvalue weighted by molar-refractivity contribution is 1.19. The van der Waals surface area contributed by atoms with Crippen LogP contribution >= 0.6 is 35.4 Å². The lowest BCUT2D eigenvalue weighted by Crippen LogP contribution is -2.27. The summed E-state index contributed by atoms with van der Waals surface area (Å²) in [6, 6.07) is 0. The van der Waals surface area contributed by atoms with Crippen LogP contribution < -0.4 is 5.73 Å². The summed E-state index contributed by atoms with van der Waals surface area (Å²) >= 11 is 15.2. The summed E-state index contributed by atoms with van der Waals surface area (Å²) in [5.41, 5.74) is 5.04. The molecule has 0 aliphatic rings. The van der Waals surface area contributed by atoms with Gasteiger partial charge in [0.1, 0.15) is 4.99 Å². The predicted molar refractivity (Wildman–Crippen MR) is 36.9 cm³/mol. The Morgan fingerprint density at radius 3 is 1.86 bits per heavy atom. The van der Waals surface area contributed by atoms with Crippen LogP contribution in [0.25, 0.3) is 0 Å². The van der Waals surface area contributed by atoms with Gasteiger partial charge in [-0.25, -0.2) is 0 Å². The third-order valence-corrected chi connectivity index (χ3v) is 1.47. The molecule has 7 heavy (non-hydrogen) atoms. The van der Waals surface area contributed by atoms with Gasteiger partial charge in [-0.05, 0) is 6.92 Å². The van der Waals surface area contributed by atoms with Crippen LogP contribution in [0.15, 0.2) is 0 Å². The second-order valence-corrected chi connectivity index (χ2v) is 3.40. The number of alkyl halides is 2. The lowest BCUT2D eigenvalue weighted by Gasteiger charge is -2.08. The number of nitrogens with two attached hydrogens (primary N) is 1. The van der Waals surface area contributed by atoms with Crippen molar-refractivity contribution >= 4 is 40.4 Å². The largest absolute Gasteiger partial charge is 0.391 e. The summed E-state index contributed by atoms with van der Waals surface area (Å²) in [6.07, 6.45) is 0. The van der Waals surface area contributed by atoms with Crippen LogP contribution in [0, 0.1) is 0 Å². The highest BCUT2D eigenvalue weighted by atomic mass is 35.5. The van der Waals surface area contributed by atoms with Crippen LogP contribution in [0.1, 0.15) is 6.92 Å². The average molecular weight is 158 g/mol. The molecular weight excluding hydrogens is 153 g/mol. The van der Waals surface area contributed by atoms with E-state index in [1.807, 2.05) is 0 Å². The fraction of sp³-hybridized carbons (Fsp3) is 0.667. The number of halogens is 2. The maximum absolute atomic E-state index is 5.37. The minimum atomic E-state index is -1.05. The molecule has 0 heterocycles. The van der Waals surface area contributed by atoms with Crippen LogP contribution in [0.4, 0.5) is 0 Å². The van der Waals surface area contributed by atoms with Crippen LogP contribution in [0.5, 0.6) is 0 Å². The second-order valence-electron chi connectivity index (χ2n) is 1.25. The Balaban J connectivity index is 3.79. The maximum Gasteiger partial charge on any atom is 0.164 e. The Morgan fingerprint density at radius 2 is 1.86 bits per heavy atom. The summed E-state index contributed by atoms with van der Waals surface area (Å²) in [7, 11) is 0. The summed E-state index contributed by atoms with van der Waals surface area (Å²) in [5.74, 6) is 0. The smallest absolute Gasteiger partial charge is 0.164 e. The first-order valence-corrected chi connectivity index (χ1v) is 2.78. The van der Waals surface area contributed by atoms with E-state index >= 15 is 0 Å². The number of hydrogen-bond acceptors (Lipinski definition) is 1. The number of thiocarbonyl (C=S) groups is 1. The Kier molecular flexibility index (Phi) is 2.30. The van der Waals surface area contributed by atoms with E-state index in [9.17, 15) is 0 Å². The van der Waals surface area contributed by atoms with Crippen molar-refractivity contribution in [2.75, 3.05) is 0 Å². The van der Waals surface area contributed by atoms with Gasteiger partial charge in [0.15, 0.2) is 4.33 Å². The Hall–Kier alpha value is 0.470. The van der Waals surface area contributed by atoms with E-state index in [4.69, 9.17) is 28.9 Å². The summed E-state index contributed by atoms with van der Waals surface area (Å²) in [6.45, 7) is 1.53. The van der Waals surface area contributed by atoms with Crippen molar-refractivity contribution in [2.24, 2.45) is 5.73 Å². The molecule has 0 unspecified atom stereocenters. The SMILES string of the molecule is CC(Cl)(Cl)C(N)=S. The van der Waals surface area contributed by atoms with E-state index in [2.05, 4.69) is 12.2 Å². The predicted octanol–water partition coefficient (Wildman–Crippen LogP) is 1.47. The van der Waals surface area contributed by atoms with Crippen LogP contribution in [0.3, 0.4) is 0 Å². The van der Waals surface area contributed by atoms with E-state index in [1.165, 1.54) is 6.92 Å². The first-order chi connectivity index (χ1) is 2.94. The first-order valence-electron chi connectivity index (χ1n) is 1.62. The topological polar surface area (TPSA) is 26.0 Å². The minimum absolute atomic E-state index is 0.107. The first kappa shape index (κ1) is 7.47. The molecule has 0 saturated heterocycles. The average Bonchev–Trinajstić information content (AvgIpc) is 1.31. The molecule has 0 fully saturated rings. The van der Waals surface area contributed by atoms with Gasteiger partial charge in [0, 0.05) is 0 Å². The van der Waals surface area contributed by atoms with Gasteiger partial charge in [0.05, 0.1) is 0 Å². The monoisotopic (exact) mass is 157 g/mol.